The molecular weight excluding hydrogens is 396 g/mol. The van der Waals surface area contributed by atoms with Crippen molar-refractivity contribution in [3.05, 3.63) is 57.1 Å². The number of benzene rings is 2. The molecule has 2 aliphatic rings. The van der Waals surface area contributed by atoms with Gasteiger partial charge in [0.25, 0.3) is 5.69 Å². The molecule has 4 rings (SSSR count). The summed E-state index contributed by atoms with van der Waals surface area (Å²) >= 11 is 0. The van der Waals surface area contributed by atoms with E-state index in [9.17, 15) is 24.5 Å². The predicted molar refractivity (Wildman–Crippen MR) is 102 cm³/mol. The minimum absolute atomic E-state index is 0.160. The monoisotopic (exact) mass is 412 g/mol. The van der Waals surface area contributed by atoms with E-state index in [-0.39, 0.29) is 41.7 Å². The summed E-state index contributed by atoms with van der Waals surface area (Å²) in [6.07, 6.45) is 0. The second-order valence-electron chi connectivity index (χ2n) is 6.78. The summed E-state index contributed by atoms with van der Waals surface area (Å²) in [5, 5.41) is 14.0. The van der Waals surface area contributed by atoms with Crippen molar-refractivity contribution in [2.45, 2.75) is 12.8 Å². The number of anilines is 1. The fourth-order valence-corrected chi connectivity index (χ4v) is 3.28. The van der Waals surface area contributed by atoms with Gasteiger partial charge in [-0.3, -0.25) is 19.7 Å². The molecule has 1 amide bonds. The average Bonchev–Trinajstić information content (AvgIpc) is 3.03. The van der Waals surface area contributed by atoms with Gasteiger partial charge in [0.1, 0.15) is 18.8 Å². The number of nitrogens with one attached hydrogen (secondary N) is 1. The number of Topliss-reactive ketones (excluding diaryl/α,β-unsaturated/α-hetero) is 1. The third kappa shape index (κ3) is 3.43. The van der Waals surface area contributed by atoms with Crippen LogP contribution in [0.15, 0.2) is 30.3 Å². The van der Waals surface area contributed by atoms with Gasteiger partial charge in [0.2, 0.25) is 5.91 Å². The van der Waals surface area contributed by atoms with E-state index >= 15 is 0 Å². The van der Waals surface area contributed by atoms with Crippen LogP contribution in [-0.4, -0.2) is 42.4 Å². The van der Waals surface area contributed by atoms with E-state index in [0.717, 1.165) is 6.07 Å². The summed E-state index contributed by atoms with van der Waals surface area (Å²) in [6, 6.07) is 6.96. The van der Waals surface area contributed by atoms with E-state index in [1.165, 1.54) is 12.1 Å². The molecular formula is C20H16N2O8. The van der Waals surface area contributed by atoms with Crippen molar-refractivity contribution < 1.29 is 33.5 Å². The predicted octanol–water partition coefficient (Wildman–Crippen LogP) is 2.46. The van der Waals surface area contributed by atoms with Crippen LogP contribution < -0.4 is 14.8 Å². The number of nitro groups is 1. The summed E-state index contributed by atoms with van der Waals surface area (Å²) < 4.78 is 15.7. The summed E-state index contributed by atoms with van der Waals surface area (Å²) in [5.41, 5.74) is 0.733. The molecule has 2 aromatic carbocycles. The highest BCUT2D eigenvalue weighted by Gasteiger charge is 2.29. The highest BCUT2D eigenvalue weighted by atomic mass is 16.6. The van der Waals surface area contributed by atoms with Crippen molar-refractivity contribution in [1.29, 1.82) is 0 Å². The number of hydrogen-bond donors (Lipinski definition) is 1. The Bertz CT molecular complexity index is 1090. The zero-order chi connectivity index (χ0) is 21.4. The molecule has 1 N–H and O–H groups in total. The molecule has 10 heteroatoms. The van der Waals surface area contributed by atoms with Crippen LogP contribution >= 0.6 is 0 Å². The summed E-state index contributed by atoms with van der Waals surface area (Å²) in [4.78, 5) is 47.2. The number of ether oxygens (including phenoxy) is 3. The Kier molecular flexibility index (Phi) is 4.82. The minimum atomic E-state index is -1.03. The van der Waals surface area contributed by atoms with Crippen LogP contribution in [0.3, 0.4) is 0 Å². The minimum Gasteiger partial charge on any atom is -0.486 e. The summed E-state index contributed by atoms with van der Waals surface area (Å²) in [7, 11) is 0. The fourth-order valence-electron chi connectivity index (χ4n) is 3.28. The van der Waals surface area contributed by atoms with Gasteiger partial charge in [0.05, 0.1) is 16.9 Å². The zero-order valence-corrected chi connectivity index (χ0v) is 15.8. The molecule has 10 nitrogen and oxygen atoms in total. The molecule has 0 aromatic heterocycles. The number of nitro benzene ring substituents is 1. The van der Waals surface area contributed by atoms with Gasteiger partial charge < -0.3 is 19.5 Å². The third-order valence-electron chi connectivity index (χ3n) is 4.90. The first-order valence-corrected chi connectivity index (χ1v) is 9.08. The third-order valence-corrected chi connectivity index (χ3v) is 4.90. The van der Waals surface area contributed by atoms with Gasteiger partial charge in [-0.25, -0.2) is 4.79 Å². The SMILES string of the molecule is C[C@@H]1C(=O)Nc2ccc(C(=O)COC(=O)c3cc4c(cc3[N+](=O)[O-])OCCO4)cc21. The number of fused-ring (bicyclic) bond motifs is 2. The Morgan fingerprint density at radius 2 is 1.90 bits per heavy atom. The second-order valence-corrected chi connectivity index (χ2v) is 6.78. The molecule has 1 atom stereocenters. The number of rotatable bonds is 5. The lowest BCUT2D eigenvalue weighted by atomic mass is 9.99. The fraction of sp³-hybridized carbons (Fsp3) is 0.250. The first kappa shape index (κ1) is 19.4. The van der Waals surface area contributed by atoms with E-state index in [1.807, 2.05) is 0 Å². The average molecular weight is 412 g/mol. The standard InChI is InChI=1S/C20H16N2O8/c1-10-12-6-11(2-3-14(12)21-19(10)24)16(23)9-30-20(25)13-7-17-18(29-5-4-28-17)8-15(13)22(26)27/h2-3,6-8,10H,4-5,9H2,1H3,(H,21,24)/t10-/m0/s1. The first-order chi connectivity index (χ1) is 14.3. The number of ketones is 1. The number of nitrogens with zero attached hydrogens (tertiary/aromatic N) is 1. The highest BCUT2D eigenvalue weighted by Crippen LogP contribution is 2.37. The van der Waals surface area contributed by atoms with Gasteiger partial charge in [-0.05, 0) is 30.7 Å². The van der Waals surface area contributed by atoms with Gasteiger partial charge in [0, 0.05) is 17.3 Å². The van der Waals surface area contributed by atoms with Crippen molar-refractivity contribution in [3.63, 3.8) is 0 Å². The molecule has 0 aliphatic carbocycles. The molecule has 2 aliphatic heterocycles. The van der Waals surface area contributed by atoms with Crippen molar-refractivity contribution in [3.8, 4) is 11.5 Å². The summed E-state index contributed by atoms with van der Waals surface area (Å²) in [5.74, 6) is -1.73. The lowest BCUT2D eigenvalue weighted by Crippen LogP contribution is -2.18. The normalized spacial score (nSPS) is 16.4. The molecule has 154 valence electrons. The molecule has 0 spiro atoms. The van der Waals surface area contributed by atoms with Crippen LogP contribution in [0.1, 0.15) is 39.1 Å². The topological polar surface area (TPSA) is 134 Å². The molecule has 0 unspecified atom stereocenters. The van der Waals surface area contributed by atoms with Gasteiger partial charge in [-0.2, -0.15) is 0 Å². The Balaban J connectivity index is 1.51. The Hall–Kier alpha value is -3.95. The van der Waals surface area contributed by atoms with Crippen LogP contribution in [0.5, 0.6) is 11.5 Å². The molecule has 0 bridgehead atoms. The second kappa shape index (κ2) is 7.47. The molecule has 0 radical (unpaired) electrons. The van der Waals surface area contributed by atoms with Crippen molar-refractivity contribution >= 4 is 29.0 Å². The van der Waals surface area contributed by atoms with Crippen LogP contribution in [-0.2, 0) is 9.53 Å². The maximum atomic E-state index is 12.5. The first-order valence-electron chi connectivity index (χ1n) is 9.08. The van der Waals surface area contributed by atoms with Crippen molar-refractivity contribution in [2.24, 2.45) is 0 Å². The van der Waals surface area contributed by atoms with Gasteiger partial charge in [-0.1, -0.05) is 0 Å². The maximum Gasteiger partial charge on any atom is 0.345 e. The Morgan fingerprint density at radius 1 is 1.20 bits per heavy atom. The van der Waals surface area contributed by atoms with Crippen molar-refractivity contribution in [1.82, 2.24) is 0 Å². The van der Waals surface area contributed by atoms with Crippen LogP contribution in [0.25, 0.3) is 0 Å². The van der Waals surface area contributed by atoms with E-state index < -0.39 is 34.9 Å². The molecule has 30 heavy (non-hydrogen) atoms. The number of amides is 1. The largest absolute Gasteiger partial charge is 0.486 e. The Labute approximate surface area is 169 Å². The van der Waals surface area contributed by atoms with Gasteiger partial charge >= 0.3 is 5.97 Å². The zero-order valence-electron chi connectivity index (χ0n) is 15.8. The number of carbonyl (C=O) groups is 3. The maximum absolute atomic E-state index is 12.5. The molecule has 2 aromatic rings. The van der Waals surface area contributed by atoms with E-state index in [4.69, 9.17) is 14.2 Å². The van der Waals surface area contributed by atoms with Gasteiger partial charge in [0.15, 0.2) is 23.9 Å². The van der Waals surface area contributed by atoms with Crippen molar-refractivity contribution in [2.75, 3.05) is 25.1 Å². The lowest BCUT2D eigenvalue weighted by molar-refractivity contribution is -0.385. The smallest absolute Gasteiger partial charge is 0.345 e. The number of carbonyl (C=O) groups excluding carboxylic acids is 3. The molecule has 2 heterocycles. The lowest BCUT2D eigenvalue weighted by Gasteiger charge is -2.18. The quantitative estimate of drug-likeness (QED) is 0.343. The Morgan fingerprint density at radius 3 is 2.60 bits per heavy atom. The summed E-state index contributed by atoms with van der Waals surface area (Å²) in [6.45, 7) is 1.59. The molecule has 0 saturated heterocycles. The van der Waals surface area contributed by atoms with Crippen LogP contribution in [0.2, 0.25) is 0 Å². The van der Waals surface area contributed by atoms with E-state index in [1.54, 1.807) is 19.1 Å². The van der Waals surface area contributed by atoms with E-state index in [0.29, 0.717) is 11.3 Å². The van der Waals surface area contributed by atoms with Gasteiger partial charge in [-0.15, -0.1) is 0 Å². The highest BCUT2D eigenvalue weighted by molar-refractivity contribution is 6.05. The van der Waals surface area contributed by atoms with Crippen LogP contribution in [0, 0.1) is 10.1 Å². The van der Waals surface area contributed by atoms with Crippen LogP contribution in [0.4, 0.5) is 11.4 Å². The number of hydrogen-bond acceptors (Lipinski definition) is 8. The molecule has 0 saturated carbocycles. The molecule has 0 fully saturated rings. The van der Waals surface area contributed by atoms with E-state index in [2.05, 4.69) is 5.32 Å². The number of esters is 1.